The molecule has 1 saturated heterocycles. The summed E-state index contributed by atoms with van der Waals surface area (Å²) >= 11 is 9.43. The van der Waals surface area contributed by atoms with E-state index in [-0.39, 0.29) is 0 Å². The van der Waals surface area contributed by atoms with Gasteiger partial charge in [0.1, 0.15) is 4.34 Å². The van der Waals surface area contributed by atoms with Crippen molar-refractivity contribution < 1.29 is 0 Å². The lowest BCUT2D eigenvalue weighted by molar-refractivity contribution is 0.779. The molecule has 1 aromatic rings. The number of aromatic nitrogens is 1. The molecule has 0 aliphatic carbocycles. The van der Waals surface area contributed by atoms with Crippen LogP contribution in [0.4, 0.5) is 5.13 Å². The van der Waals surface area contributed by atoms with Gasteiger partial charge in [0.2, 0.25) is 0 Å². The molecule has 1 unspecified atom stereocenters. The van der Waals surface area contributed by atoms with Gasteiger partial charge in [0.25, 0.3) is 0 Å². The van der Waals surface area contributed by atoms with Crippen LogP contribution in [-0.2, 0) is 0 Å². The smallest absolute Gasteiger partial charge is 0.186 e. The van der Waals surface area contributed by atoms with Gasteiger partial charge < -0.3 is 4.90 Å². The highest BCUT2D eigenvalue weighted by Gasteiger charge is 2.18. The van der Waals surface area contributed by atoms with Crippen molar-refractivity contribution in [2.24, 2.45) is 0 Å². The number of halogens is 1. The molecule has 0 N–H and O–H groups in total. The summed E-state index contributed by atoms with van der Waals surface area (Å²) in [4.78, 5) is 6.59. The Morgan fingerprint density at radius 2 is 2.54 bits per heavy atom. The third-order valence-corrected chi connectivity index (χ3v) is 4.29. The summed E-state index contributed by atoms with van der Waals surface area (Å²) in [6.45, 7) is 4.44. The van der Waals surface area contributed by atoms with E-state index in [2.05, 4.69) is 16.8 Å². The Morgan fingerprint density at radius 1 is 1.69 bits per heavy atom. The SMILES string of the molecule is CC1CN(c2ncc(Cl)s2)CCS1. The molecule has 0 aromatic carbocycles. The molecule has 1 aliphatic rings. The molecule has 2 rings (SSSR count). The van der Waals surface area contributed by atoms with Crippen LogP contribution in [0.3, 0.4) is 0 Å². The lowest BCUT2D eigenvalue weighted by atomic mass is 10.4. The van der Waals surface area contributed by atoms with E-state index in [0.717, 1.165) is 22.6 Å². The summed E-state index contributed by atoms with van der Waals surface area (Å²) in [7, 11) is 0. The summed E-state index contributed by atoms with van der Waals surface area (Å²) < 4.78 is 0.779. The quantitative estimate of drug-likeness (QED) is 0.744. The average molecular weight is 235 g/mol. The second kappa shape index (κ2) is 4.07. The molecule has 2 nitrogen and oxygen atoms in total. The van der Waals surface area contributed by atoms with Gasteiger partial charge in [-0.05, 0) is 0 Å². The van der Waals surface area contributed by atoms with Gasteiger partial charge in [0.15, 0.2) is 5.13 Å². The van der Waals surface area contributed by atoms with Crippen molar-refractivity contribution in [2.75, 3.05) is 23.7 Å². The number of thiazole rings is 1. The van der Waals surface area contributed by atoms with Gasteiger partial charge in [-0.25, -0.2) is 4.98 Å². The van der Waals surface area contributed by atoms with Crippen molar-refractivity contribution in [1.29, 1.82) is 0 Å². The van der Waals surface area contributed by atoms with Gasteiger partial charge in [-0.1, -0.05) is 29.9 Å². The molecule has 1 fully saturated rings. The van der Waals surface area contributed by atoms with Gasteiger partial charge in [0, 0.05) is 24.1 Å². The van der Waals surface area contributed by atoms with Gasteiger partial charge in [-0.2, -0.15) is 11.8 Å². The fourth-order valence-electron chi connectivity index (χ4n) is 1.38. The third kappa shape index (κ3) is 2.30. The van der Waals surface area contributed by atoms with Crippen LogP contribution in [0, 0.1) is 0 Å². The standard InChI is InChI=1S/C8H11ClN2S2/c1-6-5-11(2-3-12-6)8-10-4-7(9)13-8/h4,6H,2-3,5H2,1H3. The predicted octanol–water partition coefficient (Wildman–Crippen LogP) is 2.74. The van der Waals surface area contributed by atoms with Crippen molar-refractivity contribution in [3.63, 3.8) is 0 Å². The number of rotatable bonds is 1. The Bertz CT molecular complexity index is 289. The van der Waals surface area contributed by atoms with Crippen molar-refractivity contribution >= 4 is 39.8 Å². The first-order valence-corrected chi connectivity index (χ1v) is 6.48. The van der Waals surface area contributed by atoms with E-state index in [1.165, 1.54) is 5.75 Å². The van der Waals surface area contributed by atoms with Crippen molar-refractivity contribution in [3.8, 4) is 0 Å². The number of nitrogens with zero attached hydrogens (tertiary/aromatic N) is 2. The average Bonchev–Trinajstić information content (AvgIpc) is 2.52. The molecule has 0 spiro atoms. The van der Waals surface area contributed by atoms with Gasteiger partial charge >= 0.3 is 0 Å². The molecule has 0 amide bonds. The van der Waals surface area contributed by atoms with Crippen LogP contribution in [0.15, 0.2) is 6.20 Å². The van der Waals surface area contributed by atoms with Crippen LogP contribution in [0.5, 0.6) is 0 Å². The van der Waals surface area contributed by atoms with Crippen LogP contribution in [0.1, 0.15) is 6.92 Å². The van der Waals surface area contributed by atoms with E-state index in [4.69, 9.17) is 11.6 Å². The van der Waals surface area contributed by atoms with Crippen molar-refractivity contribution in [2.45, 2.75) is 12.2 Å². The Kier molecular flexibility index (Phi) is 3.01. The third-order valence-electron chi connectivity index (χ3n) is 1.98. The Labute approximate surface area is 91.3 Å². The van der Waals surface area contributed by atoms with Crippen LogP contribution in [0.2, 0.25) is 4.34 Å². The highest BCUT2D eigenvalue weighted by atomic mass is 35.5. The number of anilines is 1. The van der Waals surface area contributed by atoms with E-state index < -0.39 is 0 Å². The lowest BCUT2D eigenvalue weighted by Gasteiger charge is -2.30. The van der Waals surface area contributed by atoms with Crippen LogP contribution in [-0.4, -0.2) is 29.1 Å². The molecule has 72 valence electrons. The summed E-state index contributed by atoms with van der Waals surface area (Å²) in [6.07, 6.45) is 1.73. The minimum Gasteiger partial charge on any atom is -0.346 e. The first-order chi connectivity index (χ1) is 6.25. The maximum atomic E-state index is 5.84. The molecular formula is C8H11ClN2S2. The number of hydrogen-bond acceptors (Lipinski definition) is 4. The van der Waals surface area contributed by atoms with Crippen LogP contribution >= 0.6 is 34.7 Å². The molecule has 2 heterocycles. The summed E-state index contributed by atoms with van der Waals surface area (Å²) in [5.74, 6) is 1.19. The topological polar surface area (TPSA) is 16.1 Å². The Hall–Kier alpha value is 0.0700. The Balaban J connectivity index is 2.08. The molecule has 0 bridgehead atoms. The van der Waals surface area contributed by atoms with Crippen LogP contribution in [0.25, 0.3) is 0 Å². The molecule has 1 atom stereocenters. The van der Waals surface area contributed by atoms with Crippen LogP contribution < -0.4 is 4.90 Å². The highest BCUT2D eigenvalue weighted by Crippen LogP contribution is 2.29. The van der Waals surface area contributed by atoms with E-state index in [9.17, 15) is 0 Å². The van der Waals surface area contributed by atoms with E-state index in [1.807, 2.05) is 11.8 Å². The van der Waals surface area contributed by atoms with Gasteiger partial charge in [0.05, 0.1) is 6.20 Å². The number of thioether (sulfide) groups is 1. The van der Waals surface area contributed by atoms with E-state index in [0.29, 0.717) is 5.25 Å². The van der Waals surface area contributed by atoms with Gasteiger partial charge in [-0.3, -0.25) is 0 Å². The molecular weight excluding hydrogens is 224 g/mol. The Morgan fingerprint density at radius 3 is 3.15 bits per heavy atom. The largest absolute Gasteiger partial charge is 0.346 e. The van der Waals surface area contributed by atoms with E-state index >= 15 is 0 Å². The zero-order valence-corrected chi connectivity index (χ0v) is 9.75. The van der Waals surface area contributed by atoms with E-state index in [1.54, 1.807) is 17.5 Å². The fraction of sp³-hybridized carbons (Fsp3) is 0.625. The second-order valence-electron chi connectivity index (χ2n) is 3.07. The normalized spacial score (nSPS) is 23.5. The maximum Gasteiger partial charge on any atom is 0.186 e. The summed E-state index contributed by atoms with van der Waals surface area (Å²) in [5.41, 5.74) is 0. The monoisotopic (exact) mass is 234 g/mol. The van der Waals surface area contributed by atoms with Gasteiger partial charge in [-0.15, -0.1) is 0 Å². The molecule has 1 aromatic heterocycles. The molecule has 0 radical (unpaired) electrons. The molecule has 0 saturated carbocycles. The fourth-order valence-corrected chi connectivity index (χ4v) is 3.33. The van der Waals surface area contributed by atoms with Crippen molar-refractivity contribution in [1.82, 2.24) is 4.98 Å². The second-order valence-corrected chi connectivity index (χ2v) is 6.26. The summed E-state index contributed by atoms with van der Waals surface area (Å²) in [6, 6.07) is 0. The zero-order chi connectivity index (χ0) is 9.26. The molecule has 5 heteroatoms. The minimum atomic E-state index is 0.705. The lowest BCUT2D eigenvalue weighted by Crippen LogP contribution is -2.36. The summed E-state index contributed by atoms with van der Waals surface area (Å²) in [5, 5.41) is 1.77. The predicted molar refractivity (Wildman–Crippen MR) is 61.3 cm³/mol. The molecule has 1 aliphatic heterocycles. The van der Waals surface area contributed by atoms with Crippen molar-refractivity contribution in [3.05, 3.63) is 10.5 Å². The maximum absolute atomic E-state index is 5.84. The highest BCUT2D eigenvalue weighted by molar-refractivity contribution is 8.00. The zero-order valence-electron chi connectivity index (χ0n) is 7.36. The first-order valence-electron chi connectivity index (χ1n) is 4.23. The number of hydrogen-bond donors (Lipinski definition) is 0. The first kappa shape index (κ1) is 9.62. The molecule has 13 heavy (non-hydrogen) atoms. The minimum absolute atomic E-state index is 0.705.